The van der Waals surface area contributed by atoms with Crippen molar-refractivity contribution in [3.63, 3.8) is 0 Å². The van der Waals surface area contributed by atoms with Crippen LogP contribution < -0.4 is 4.72 Å². The molecule has 1 heterocycles. The lowest BCUT2D eigenvalue weighted by Gasteiger charge is -2.05. The van der Waals surface area contributed by atoms with Crippen molar-refractivity contribution in [1.82, 2.24) is 9.97 Å². The summed E-state index contributed by atoms with van der Waals surface area (Å²) in [6.45, 7) is 0. The first kappa shape index (κ1) is 13.1. The quantitative estimate of drug-likeness (QED) is 0.761. The minimum absolute atomic E-state index is 0.173. The van der Waals surface area contributed by atoms with Gasteiger partial charge >= 0.3 is 0 Å². The van der Waals surface area contributed by atoms with Crippen LogP contribution >= 0.6 is 15.9 Å². The maximum absolute atomic E-state index is 12.2. The van der Waals surface area contributed by atoms with Crippen LogP contribution in [0.3, 0.4) is 0 Å². The van der Waals surface area contributed by atoms with E-state index in [1.807, 2.05) is 24.3 Å². The molecule has 2 aromatic carbocycles. The highest BCUT2D eigenvalue weighted by Crippen LogP contribution is 2.20. The van der Waals surface area contributed by atoms with E-state index < -0.39 is 10.0 Å². The van der Waals surface area contributed by atoms with E-state index in [4.69, 9.17) is 0 Å². The minimum atomic E-state index is -3.66. The number of aromatic amines is 1. The van der Waals surface area contributed by atoms with E-state index in [-0.39, 0.29) is 10.8 Å². The van der Waals surface area contributed by atoms with Crippen LogP contribution in [-0.4, -0.2) is 18.4 Å². The highest BCUT2D eigenvalue weighted by Gasteiger charge is 2.16. The molecule has 0 radical (unpaired) electrons. The van der Waals surface area contributed by atoms with Gasteiger partial charge in [0.1, 0.15) is 0 Å². The number of nitrogens with one attached hydrogen (secondary N) is 2. The van der Waals surface area contributed by atoms with Crippen LogP contribution in [0.1, 0.15) is 0 Å². The number of aromatic nitrogens is 2. The lowest BCUT2D eigenvalue weighted by Crippen LogP contribution is -2.13. The summed E-state index contributed by atoms with van der Waals surface area (Å²) in [6, 6.07) is 13.8. The Morgan fingerprint density at radius 3 is 2.65 bits per heavy atom. The normalized spacial score (nSPS) is 11.7. The molecule has 20 heavy (non-hydrogen) atoms. The van der Waals surface area contributed by atoms with Gasteiger partial charge in [0.15, 0.2) is 0 Å². The van der Waals surface area contributed by atoms with Gasteiger partial charge in [-0.05, 0) is 30.3 Å². The van der Waals surface area contributed by atoms with Crippen molar-refractivity contribution in [2.45, 2.75) is 4.90 Å². The zero-order valence-electron chi connectivity index (χ0n) is 10.2. The second-order valence-corrected chi connectivity index (χ2v) is 6.76. The molecule has 0 aliphatic rings. The average molecular weight is 352 g/mol. The largest absolute Gasteiger partial charge is 0.323 e. The van der Waals surface area contributed by atoms with Crippen LogP contribution in [0.4, 0.5) is 5.95 Å². The summed E-state index contributed by atoms with van der Waals surface area (Å²) in [4.78, 5) is 7.28. The number of anilines is 1. The standard InChI is InChI=1S/C13H10BrN3O2S/c14-9-4-3-5-10(8-9)20(18,19)17-13-15-11-6-1-2-7-12(11)16-13/h1-8H,(H2,15,16,17). The predicted molar refractivity (Wildman–Crippen MR) is 81.0 cm³/mol. The number of fused-ring (bicyclic) bond motifs is 1. The number of benzene rings is 2. The number of para-hydroxylation sites is 2. The molecule has 0 unspecified atom stereocenters. The van der Waals surface area contributed by atoms with E-state index in [0.717, 1.165) is 5.52 Å². The van der Waals surface area contributed by atoms with Crippen molar-refractivity contribution in [3.05, 3.63) is 53.0 Å². The summed E-state index contributed by atoms with van der Waals surface area (Å²) in [5.41, 5.74) is 1.49. The number of rotatable bonds is 3. The first-order chi connectivity index (χ1) is 9.54. The molecule has 2 N–H and O–H groups in total. The number of sulfonamides is 1. The Balaban J connectivity index is 1.97. The van der Waals surface area contributed by atoms with Crippen LogP contribution in [0.5, 0.6) is 0 Å². The molecular weight excluding hydrogens is 342 g/mol. The number of hydrogen-bond donors (Lipinski definition) is 2. The monoisotopic (exact) mass is 351 g/mol. The first-order valence-electron chi connectivity index (χ1n) is 5.78. The molecule has 0 bridgehead atoms. The smallest absolute Gasteiger partial charge is 0.264 e. The van der Waals surface area contributed by atoms with Gasteiger partial charge in [0, 0.05) is 4.47 Å². The fourth-order valence-corrected chi connectivity index (χ4v) is 3.38. The molecule has 0 fully saturated rings. The lowest BCUT2D eigenvalue weighted by molar-refractivity contribution is 0.601. The van der Waals surface area contributed by atoms with Gasteiger partial charge in [0.25, 0.3) is 10.0 Å². The maximum atomic E-state index is 12.2. The van der Waals surface area contributed by atoms with Gasteiger partial charge < -0.3 is 4.98 Å². The molecule has 0 saturated carbocycles. The number of halogens is 1. The third-order valence-corrected chi connectivity index (χ3v) is 4.56. The minimum Gasteiger partial charge on any atom is -0.323 e. The van der Waals surface area contributed by atoms with Gasteiger partial charge in [-0.1, -0.05) is 34.1 Å². The van der Waals surface area contributed by atoms with E-state index in [0.29, 0.717) is 9.99 Å². The Labute approximate surface area is 124 Å². The highest BCUT2D eigenvalue weighted by atomic mass is 79.9. The molecule has 0 aliphatic carbocycles. The number of imidazole rings is 1. The third-order valence-electron chi connectivity index (χ3n) is 2.73. The van der Waals surface area contributed by atoms with Crippen molar-refractivity contribution in [2.24, 2.45) is 0 Å². The van der Waals surface area contributed by atoms with E-state index >= 15 is 0 Å². The fraction of sp³-hybridized carbons (Fsp3) is 0. The third kappa shape index (κ3) is 2.54. The maximum Gasteiger partial charge on any atom is 0.264 e. The fourth-order valence-electron chi connectivity index (χ4n) is 1.82. The van der Waals surface area contributed by atoms with E-state index in [2.05, 4.69) is 30.6 Å². The molecule has 102 valence electrons. The van der Waals surface area contributed by atoms with E-state index in [1.165, 1.54) is 12.1 Å². The molecule has 3 rings (SSSR count). The van der Waals surface area contributed by atoms with Crippen LogP contribution in [0.25, 0.3) is 11.0 Å². The summed E-state index contributed by atoms with van der Waals surface area (Å²) in [7, 11) is -3.66. The van der Waals surface area contributed by atoms with Crippen LogP contribution in [-0.2, 0) is 10.0 Å². The van der Waals surface area contributed by atoms with Gasteiger partial charge in [-0.3, -0.25) is 0 Å². The molecule has 0 aliphatic heterocycles. The Kier molecular flexibility index (Phi) is 3.23. The molecule has 0 saturated heterocycles. The summed E-state index contributed by atoms with van der Waals surface area (Å²) in [5, 5.41) is 0. The summed E-state index contributed by atoms with van der Waals surface area (Å²) >= 11 is 3.25. The van der Waals surface area contributed by atoms with E-state index in [1.54, 1.807) is 12.1 Å². The Hall–Kier alpha value is -1.86. The van der Waals surface area contributed by atoms with E-state index in [9.17, 15) is 8.42 Å². The molecule has 0 spiro atoms. The molecule has 1 aromatic heterocycles. The molecule has 0 atom stereocenters. The highest BCUT2D eigenvalue weighted by molar-refractivity contribution is 9.10. The second kappa shape index (κ2) is 4.92. The lowest BCUT2D eigenvalue weighted by atomic mass is 10.3. The molecule has 3 aromatic rings. The van der Waals surface area contributed by atoms with Crippen molar-refractivity contribution in [3.8, 4) is 0 Å². The number of nitrogens with zero attached hydrogens (tertiary/aromatic N) is 1. The van der Waals surface area contributed by atoms with Crippen molar-refractivity contribution < 1.29 is 8.42 Å². The summed E-state index contributed by atoms with van der Waals surface area (Å²) < 4.78 is 27.6. The van der Waals surface area contributed by atoms with Crippen molar-refractivity contribution >= 4 is 42.9 Å². The van der Waals surface area contributed by atoms with Crippen LogP contribution in [0.2, 0.25) is 0 Å². The molecule has 5 nitrogen and oxygen atoms in total. The second-order valence-electron chi connectivity index (χ2n) is 4.17. The predicted octanol–water partition coefficient (Wildman–Crippen LogP) is 3.13. The Morgan fingerprint density at radius 1 is 1.10 bits per heavy atom. The zero-order chi connectivity index (χ0) is 14.2. The molecule has 7 heteroatoms. The topological polar surface area (TPSA) is 74.8 Å². The molecular formula is C13H10BrN3O2S. The summed E-state index contributed by atoms with van der Waals surface area (Å²) in [5.74, 6) is 0.200. The van der Waals surface area contributed by atoms with Crippen LogP contribution in [0.15, 0.2) is 57.9 Å². The van der Waals surface area contributed by atoms with Gasteiger partial charge in [-0.25, -0.2) is 18.1 Å². The number of H-pyrrole nitrogens is 1. The Bertz CT molecular complexity index is 841. The average Bonchev–Trinajstić information content (AvgIpc) is 2.80. The van der Waals surface area contributed by atoms with Gasteiger partial charge in [0.2, 0.25) is 5.95 Å². The summed E-state index contributed by atoms with van der Waals surface area (Å²) in [6.07, 6.45) is 0. The zero-order valence-corrected chi connectivity index (χ0v) is 12.6. The SMILES string of the molecule is O=S(=O)(Nc1nc2ccccc2[nH]1)c1cccc(Br)c1. The van der Waals surface area contributed by atoms with Crippen molar-refractivity contribution in [1.29, 1.82) is 0 Å². The Morgan fingerprint density at radius 2 is 1.90 bits per heavy atom. The number of hydrogen-bond acceptors (Lipinski definition) is 3. The van der Waals surface area contributed by atoms with Crippen LogP contribution in [0, 0.1) is 0 Å². The first-order valence-corrected chi connectivity index (χ1v) is 8.05. The molecule has 0 amide bonds. The van der Waals surface area contributed by atoms with Gasteiger partial charge in [-0.15, -0.1) is 0 Å². The van der Waals surface area contributed by atoms with Gasteiger partial charge in [0.05, 0.1) is 15.9 Å². The van der Waals surface area contributed by atoms with Gasteiger partial charge in [-0.2, -0.15) is 0 Å². The van der Waals surface area contributed by atoms with Crippen molar-refractivity contribution in [2.75, 3.05) is 4.72 Å².